The van der Waals surface area contributed by atoms with E-state index in [9.17, 15) is 4.39 Å². The molecule has 1 saturated heterocycles. The lowest BCUT2D eigenvalue weighted by Gasteiger charge is -2.33. The molecule has 0 amide bonds. The molecule has 1 aromatic carbocycles. The summed E-state index contributed by atoms with van der Waals surface area (Å²) >= 11 is 1.86. The van der Waals surface area contributed by atoms with E-state index in [1.54, 1.807) is 18.5 Å². The lowest BCUT2D eigenvalue weighted by atomic mass is 9.97. The van der Waals surface area contributed by atoms with E-state index < -0.39 is 0 Å². The molecule has 3 heterocycles. The van der Waals surface area contributed by atoms with Crippen LogP contribution in [0.5, 0.6) is 5.75 Å². The van der Waals surface area contributed by atoms with Crippen LogP contribution in [0.15, 0.2) is 24.5 Å². The Morgan fingerprint density at radius 3 is 2.79 bits per heavy atom. The number of quaternary nitrogens is 1. The van der Waals surface area contributed by atoms with Gasteiger partial charge >= 0.3 is 0 Å². The molecule has 152 valence electrons. The molecule has 0 saturated carbocycles. The Balaban J connectivity index is 1.31. The fourth-order valence-electron chi connectivity index (χ4n) is 4.63. The summed E-state index contributed by atoms with van der Waals surface area (Å²) in [7, 11) is 1.50. The molecule has 7 heteroatoms. The summed E-state index contributed by atoms with van der Waals surface area (Å²) < 4.78 is 19.0. The fourth-order valence-corrected chi connectivity index (χ4v) is 5.86. The second kappa shape index (κ2) is 7.88. The molecule has 0 unspecified atom stereocenters. The Hall–Kier alpha value is -2.25. The van der Waals surface area contributed by atoms with Crippen molar-refractivity contribution in [3.05, 3.63) is 46.3 Å². The lowest BCUT2D eigenvalue weighted by molar-refractivity contribution is -0.914. The van der Waals surface area contributed by atoms with E-state index in [0.29, 0.717) is 5.75 Å². The molecule has 0 bridgehead atoms. The molecule has 29 heavy (non-hydrogen) atoms. The Bertz CT molecular complexity index is 1030. The van der Waals surface area contributed by atoms with Crippen molar-refractivity contribution < 1.29 is 14.0 Å². The first kappa shape index (κ1) is 18.8. The number of halogens is 1. The topological polar surface area (TPSA) is 42.7 Å². The van der Waals surface area contributed by atoms with Gasteiger partial charge in [0.1, 0.15) is 23.5 Å². The van der Waals surface area contributed by atoms with Crippen LogP contribution in [0.1, 0.15) is 28.8 Å². The van der Waals surface area contributed by atoms with E-state index in [1.807, 2.05) is 17.4 Å². The van der Waals surface area contributed by atoms with Crippen LogP contribution in [0.25, 0.3) is 10.2 Å². The third kappa shape index (κ3) is 3.57. The highest BCUT2D eigenvalue weighted by molar-refractivity contribution is 7.19. The largest absolute Gasteiger partial charge is 0.494 e. The molecule has 3 aromatic rings. The minimum Gasteiger partial charge on any atom is -0.494 e. The molecule has 1 N–H and O–H groups in total. The van der Waals surface area contributed by atoms with E-state index in [4.69, 9.17) is 9.72 Å². The van der Waals surface area contributed by atoms with Gasteiger partial charge in [0.15, 0.2) is 11.6 Å². The maximum Gasteiger partial charge on any atom is 0.165 e. The number of aryl methyl sites for hydroxylation is 2. The molecule has 1 aliphatic carbocycles. The Morgan fingerprint density at radius 2 is 2.00 bits per heavy atom. The molecule has 0 atom stereocenters. The number of hydrogen-bond acceptors (Lipinski definition) is 5. The molecule has 1 fully saturated rings. The normalized spacial score (nSPS) is 17.5. The minimum atomic E-state index is -0.284. The van der Waals surface area contributed by atoms with Crippen molar-refractivity contribution in [3.8, 4) is 5.75 Å². The number of aromatic nitrogens is 2. The summed E-state index contributed by atoms with van der Waals surface area (Å²) in [6.07, 6.45) is 6.62. The van der Waals surface area contributed by atoms with Gasteiger partial charge in [-0.05, 0) is 49.4 Å². The number of nitrogens with zero attached hydrogens (tertiary/aromatic N) is 3. The molecule has 2 aliphatic rings. The highest BCUT2D eigenvalue weighted by Crippen LogP contribution is 2.39. The number of ether oxygens (including phenoxy) is 1. The average Bonchev–Trinajstić information content (AvgIpc) is 3.13. The van der Waals surface area contributed by atoms with Crippen LogP contribution in [0.3, 0.4) is 0 Å². The van der Waals surface area contributed by atoms with Gasteiger partial charge in [0, 0.05) is 10.4 Å². The van der Waals surface area contributed by atoms with Gasteiger partial charge in [0.25, 0.3) is 0 Å². The van der Waals surface area contributed by atoms with Gasteiger partial charge < -0.3 is 14.5 Å². The van der Waals surface area contributed by atoms with Crippen molar-refractivity contribution in [1.82, 2.24) is 9.97 Å². The molecule has 0 radical (unpaired) electrons. The van der Waals surface area contributed by atoms with Crippen LogP contribution in [0, 0.1) is 5.82 Å². The van der Waals surface area contributed by atoms with Gasteiger partial charge in [0.2, 0.25) is 0 Å². The van der Waals surface area contributed by atoms with Crippen molar-refractivity contribution in [1.29, 1.82) is 0 Å². The van der Waals surface area contributed by atoms with Crippen LogP contribution >= 0.6 is 11.3 Å². The van der Waals surface area contributed by atoms with Gasteiger partial charge in [-0.25, -0.2) is 14.4 Å². The summed E-state index contributed by atoms with van der Waals surface area (Å²) in [5, 5.41) is 1.30. The minimum absolute atomic E-state index is 0.284. The first-order chi connectivity index (χ1) is 14.2. The van der Waals surface area contributed by atoms with Crippen LogP contribution in [0.4, 0.5) is 10.2 Å². The smallest absolute Gasteiger partial charge is 0.165 e. The quantitative estimate of drug-likeness (QED) is 0.714. The van der Waals surface area contributed by atoms with E-state index in [2.05, 4.69) is 9.88 Å². The number of methoxy groups -OCH3 is 1. The van der Waals surface area contributed by atoms with Crippen molar-refractivity contribution in [2.45, 2.75) is 32.2 Å². The van der Waals surface area contributed by atoms with Crippen molar-refractivity contribution >= 4 is 27.4 Å². The third-order valence-electron chi connectivity index (χ3n) is 6.17. The molecule has 2 aromatic heterocycles. The Kier molecular flexibility index (Phi) is 5.09. The summed E-state index contributed by atoms with van der Waals surface area (Å²) in [6.45, 7) is 4.80. The Labute approximate surface area is 174 Å². The third-order valence-corrected chi connectivity index (χ3v) is 7.37. The number of thiophene rings is 1. The number of hydrogen-bond donors (Lipinski definition) is 1. The van der Waals surface area contributed by atoms with Crippen LogP contribution in [-0.4, -0.2) is 43.3 Å². The second-order valence-electron chi connectivity index (χ2n) is 7.97. The summed E-state index contributed by atoms with van der Waals surface area (Å²) in [4.78, 5) is 15.8. The Morgan fingerprint density at radius 1 is 1.17 bits per heavy atom. The van der Waals surface area contributed by atoms with Gasteiger partial charge in [-0.15, -0.1) is 11.3 Å². The van der Waals surface area contributed by atoms with Crippen LogP contribution in [0.2, 0.25) is 0 Å². The molecule has 1 aliphatic heterocycles. The number of fused-ring (bicyclic) bond motifs is 3. The SMILES string of the molecule is COc1ccc(C[NH+]2CCN(c3ncnc4sc5c(c34)CCCC5)CC2)cc1F. The molecule has 0 spiro atoms. The maximum atomic E-state index is 14.0. The number of piperazine rings is 1. The maximum absolute atomic E-state index is 14.0. The van der Waals surface area contributed by atoms with Gasteiger partial charge in [0.05, 0.1) is 38.7 Å². The highest BCUT2D eigenvalue weighted by atomic mass is 32.1. The van der Waals surface area contributed by atoms with Crippen LogP contribution in [-0.2, 0) is 19.4 Å². The zero-order valence-corrected chi connectivity index (χ0v) is 17.5. The lowest BCUT2D eigenvalue weighted by Crippen LogP contribution is -3.13. The fraction of sp³-hybridized carbons (Fsp3) is 0.455. The average molecular weight is 414 g/mol. The van der Waals surface area contributed by atoms with Crippen LogP contribution < -0.4 is 14.5 Å². The highest BCUT2D eigenvalue weighted by Gasteiger charge is 2.26. The zero-order chi connectivity index (χ0) is 19.8. The molecule has 5 nitrogen and oxygen atoms in total. The second-order valence-corrected chi connectivity index (χ2v) is 9.05. The number of rotatable bonds is 4. The summed E-state index contributed by atoms with van der Waals surface area (Å²) in [5.41, 5.74) is 2.51. The first-order valence-electron chi connectivity index (χ1n) is 10.4. The molecular weight excluding hydrogens is 387 g/mol. The van der Waals surface area contributed by atoms with Gasteiger partial charge in [-0.1, -0.05) is 0 Å². The predicted octanol–water partition coefficient (Wildman–Crippen LogP) is 2.62. The predicted molar refractivity (Wildman–Crippen MR) is 114 cm³/mol. The zero-order valence-electron chi connectivity index (χ0n) is 16.7. The van der Waals surface area contributed by atoms with Crippen molar-refractivity contribution in [2.24, 2.45) is 0 Å². The van der Waals surface area contributed by atoms with Gasteiger partial charge in [-0.2, -0.15) is 0 Å². The standard InChI is InChI=1S/C22H25FN4OS/c1-28-18-7-6-15(12-17(18)23)13-26-8-10-27(11-9-26)21-20-16-4-2-3-5-19(16)29-22(20)25-14-24-21/h6-7,12,14H,2-5,8-11,13H2,1H3/p+1. The van der Waals surface area contributed by atoms with E-state index in [1.165, 1.54) is 47.1 Å². The van der Waals surface area contributed by atoms with E-state index in [-0.39, 0.29) is 5.82 Å². The summed E-state index contributed by atoms with van der Waals surface area (Å²) in [5.74, 6) is 1.14. The first-order valence-corrected chi connectivity index (χ1v) is 11.2. The van der Waals surface area contributed by atoms with E-state index in [0.717, 1.165) is 55.4 Å². The van der Waals surface area contributed by atoms with Crippen molar-refractivity contribution in [2.75, 3.05) is 38.2 Å². The number of benzene rings is 1. The monoisotopic (exact) mass is 413 g/mol. The van der Waals surface area contributed by atoms with E-state index >= 15 is 0 Å². The summed E-state index contributed by atoms with van der Waals surface area (Å²) in [6, 6.07) is 5.29. The van der Waals surface area contributed by atoms with Crippen molar-refractivity contribution in [3.63, 3.8) is 0 Å². The molecule has 5 rings (SSSR count). The number of nitrogens with one attached hydrogen (secondary N) is 1. The number of anilines is 1. The molecular formula is C22H26FN4OS+. The van der Waals surface area contributed by atoms with Gasteiger partial charge in [-0.3, -0.25) is 0 Å².